The monoisotopic (exact) mass is 239 g/mol. The molecule has 0 aromatic carbocycles. The van der Waals surface area contributed by atoms with Gasteiger partial charge in [-0.1, -0.05) is 0 Å². The van der Waals surface area contributed by atoms with Gasteiger partial charge < -0.3 is 0 Å². The molecule has 0 aliphatic heterocycles. The van der Waals surface area contributed by atoms with Crippen LogP contribution in [0.25, 0.3) is 0 Å². The number of hydrogen-bond acceptors (Lipinski definition) is 0. The second-order valence-electron chi connectivity index (χ2n) is 0.0431. The molecule has 4 heteroatoms. The van der Waals surface area contributed by atoms with Crippen LogP contribution in [0.4, 0.5) is 0 Å². The topological polar surface area (TPSA) is 0 Å². The number of halogens is 2. The van der Waals surface area contributed by atoms with Crippen molar-refractivity contribution in [3.05, 3.63) is 0 Å². The molecular formula is Cl2CuPd. The third-order valence-corrected chi connectivity index (χ3v) is 0. The quantitative estimate of drug-likeness (QED) is 0.562. The van der Waals surface area contributed by atoms with Crippen LogP contribution in [0.2, 0.25) is 0 Å². The minimum atomic E-state index is 0. The van der Waals surface area contributed by atoms with Gasteiger partial charge in [-0.25, -0.2) is 0 Å². The van der Waals surface area contributed by atoms with Gasteiger partial charge in [0, 0.05) is 20.4 Å². The molecule has 0 rings (SSSR count). The Morgan fingerprint density at radius 1 is 1.25 bits per heavy atom. The van der Waals surface area contributed by atoms with Gasteiger partial charge in [0.1, 0.15) is 0 Å². The van der Waals surface area contributed by atoms with E-state index < -0.39 is 0 Å². The molecule has 35 valence electrons. The fraction of sp³-hybridized carbons (Fsp3) is 0. The molecule has 0 spiro atoms. The van der Waals surface area contributed by atoms with E-state index in [2.05, 4.69) is 20.2 Å². The van der Waals surface area contributed by atoms with Gasteiger partial charge in [-0.2, -0.15) is 0 Å². The van der Waals surface area contributed by atoms with Crippen LogP contribution in [0.3, 0.4) is 0 Å². The second-order valence-corrected chi connectivity index (χ2v) is 1.60. The fourth-order valence-electron chi connectivity index (χ4n) is 0. The molecule has 0 saturated heterocycles. The Morgan fingerprint density at radius 2 is 1.25 bits per heavy atom. The predicted octanol–water partition coefficient (Wildman–Crippen LogP) is 1.37. The summed E-state index contributed by atoms with van der Waals surface area (Å²) in [6, 6.07) is 0. The zero-order chi connectivity index (χ0) is 2.71. The Hall–Kier alpha value is 1.76. The summed E-state index contributed by atoms with van der Waals surface area (Å²) in [5.74, 6) is 0. The van der Waals surface area contributed by atoms with E-state index in [9.17, 15) is 0 Å². The molecule has 0 heterocycles. The van der Waals surface area contributed by atoms with Crippen molar-refractivity contribution in [2.24, 2.45) is 0 Å². The molecule has 0 aliphatic rings. The smallest absolute Gasteiger partial charge is 0 e. The molecular weight excluding hydrogens is 241 g/mol. The predicted molar refractivity (Wildman–Crippen MR) is 11.7 cm³/mol. The molecule has 0 aromatic rings. The SMILES string of the molecule is [Cl][Cu][Cl].[Pd]. The van der Waals surface area contributed by atoms with E-state index in [-0.39, 0.29) is 20.4 Å². The minimum Gasteiger partial charge on any atom is 0 e. The number of hydrogen-bond donors (Lipinski definition) is 0. The van der Waals surface area contributed by atoms with Crippen molar-refractivity contribution < 1.29 is 33.6 Å². The normalized spacial score (nSPS) is 5.50. The van der Waals surface area contributed by atoms with Crippen LogP contribution in [-0.4, -0.2) is 0 Å². The van der Waals surface area contributed by atoms with E-state index in [4.69, 9.17) is 0 Å². The Morgan fingerprint density at radius 3 is 1.25 bits per heavy atom. The third-order valence-electron chi connectivity index (χ3n) is 0. The van der Waals surface area contributed by atoms with Crippen molar-refractivity contribution >= 4 is 20.2 Å². The molecule has 0 nitrogen and oxygen atoms in total. The first-order valence-corrected chi connectivity index (χ1v) is 2.82. The van der Waals surface area contributed by atoms with Crippen LogP contribution < -0.4 is 0 Å². The Balaban J connectivity index is 0. The first-order valence-electron chi connectivity index (χ1n) is 0.228. The molecule has 0 atom stereocenters. The summed E-state index contributed by atoms with van der Waals surface area (Å²) in [6.07, 6.45) is 0. The van der Waals surface area contributed by atoms with Gasteiger partial charge in [0.05, 0.1) is 0 Å². The van der Waals surface area contributed by atoms with Gasteiger partial charge in [0.15, 0.2) is 0 Å². The fourth-order valence-corrected chi connectivity index (χ4v) is 0. The molecule has 0 amide bonds. The molecule has 0 saturated carbocycles. The summed E-state index contributed by atoms with van der Waals surface area (Å²) >= 11 is 0.757. The maximum Gasteiger partial charge on any atom is 0 e. The summed E-state index contributed by atoms with van der Waals surface area (Å²) in [7, 11) is 9.34. The summed E-state index contributed by atoms with van der Waals surface area (Å²) in [5, 5.41) is 0. The minimum absolute atomic E-state index is 0. The third kappa shape index (κ3) is 9.24. The van der Waals surface area contributed by atoms with Crippen LogP contribution in [0, 0.1) is 0 Å². The summed E-state index contributed by atoms with van der Waals surface area (Å²) in [4.78, 5) is 0. The molecule has 0 N–H and O–H groups in total. The van der Waals surface area contributed by atoms with Crippen LogP contribution >= 0.6 is 20.2 Å². The van der Waals surface area contributed by atoms with Crippen molar-refractivity contribution in [1.82, 2.24) is 0 Å². The maximum atomic E-state index is 4.67. The largest absolute Gasteiger partial charge is 0 e. The van der Waals surface area contributed by atoms with Crippen molar-refractivity contribution in [3.8, 4) is 0 Å². The van der Waals surface area contributed by atoms with Gasteiger partial charge in [0.2, 0.25) is 0 Å². The van der Waals surface area contributed by atoms with Crippen LogP contribution in [0.1, 0.15) is 0 Å². The van der Waals surface area contributed by atoms with Crippen molar-refractivity contribution in [1.29, 1.82) is 0 Å². The van der Waals surface area contributed by atoms with Gasteiger partial charge in [-0.15, -0.1) is 0 Å². The average Bonchev–Trinajstić information content (AvgIpc) is 0.918. The van der Waals surface area contributed by atoms with Gasteiger partial charge in [0.25, 0.3) is 0 Å². The molecule has 0 aromatic heterocycles. The first kappa shape index (κ1) is 9.23. The molecule has 4 heavy (non-hydrogen) atoms. The van der Waals surface area contributed by atoms with Crippen LogP contribution in [0.15, 0.2) is 0 Å². The van der Waals surface area contributed by atoms with Gasteiger partial charge in [-0.3, -0.25) is 0 Å². The molecule has 0 unspecified atom stereocenters. The molecule has 0 bridgehead atoms. The van der Waals surface area contributed by atoms with E-state index in [1.165, 1.54) is 0 Å². The van der Waals surface area contributed by atoms with E-state index in [1.807, 2.05) is 0 Å². The summed E-state index contributed by atoms with van der Waals surface area (Å²) in [5.41, 5.74) is 0. The Labute approximate surface area is 53.5 Å². The summed E-state index contributed by atoms with van der Waals surface area (Å²) in [6.45, 7) is 0. The van der Waals surface area contributed by atoms with Crippen molar-refractivity contribution in [3.63, 3.8) is 0 Å². The standard InChI is InChI=1S/2ClH.Cu.Pd/h2*1H;;/q;;+2;/p-2. The van der Waals surface area contributed by atoms with Crippen LogP contribution in [0.5, 0.6) is 0 Å². The second kappa shape index (κ2) is 8.83. The molecule has 0 fully saturated rings. The van der Waals surface area contributed by atoms with Crippen molar-refractivity contribution in [2.75, 3.05) is 0 Å². The zero-order valence-corrected chi connectivity index (χ0v) is 5.38. The number of rotatable bonds is 0. The first-order chi connectivity index (χ1) is 1.41. The van der Waals surface area contributed by atoms with Crippen molar-refractivity contribution in [2.45, 2.75) is 0 Å². The Bertz CT molecular complexity index is 6.00. The molecule has 0 aliphatic carbocycles. The Kier molecular flexibility index (Phi) is 20.4. The summed E-state index contributed by atoms with van der Waals surface area (Å²) < 4.78 is 0. The maximum absolute atomic E-state index is 4.67. The van der Waals surface area contributed by atoms with Crippen LogP contribution in [-0.2, 0) is 33.6 Å². The van der Waals surface area contributed by atoms with E-state index in [0.29, 0.717) is 0 Å². The van der Waals surface area contributed by atoms with E-state index in [1.54, 1.807) is 0 Å². The zero-order valence-electron chi connectivity index (χ0n) is 1.37. The van der Waals surface area contributed by atoms with E-state index in [0.717, 1.165) is 13.1 Å². The average molecular weight is 241 g/mol. The van der Waals surface area contributed by atoms with E-state index >= 15 is 0 Å². The van der Waals surface area contributed by atoms with Gasteiger partial charge in [-0.05, 0) is 0 Å². The molecule has 0 radical (unpaired) electrons. The van der Waals surface area contributed by atoms with Gasteiger partial charge >= 0.3 is 33.3 Å².